The third kappa shape index (κ3) is 4.57. The Morgan fingerprint density at radius 1 is 1.08 bits per heavy atom. The molecule has 0 saturated heterocycles. The summed E-state index contributed by atoms with van der Waals surface area (Å²) in [7, 11) is 0. The summed E-state index contributed by atoms with van der Waals surface area (Å²) < 4.78 is 0. The monoisotopic (exact) mass is 352 g/mol. The molecule has 7 heteroatoms. The van der Waals surface area contributed by atoms with Crippen LogP contribution in [0.4, 0.5) is 5.82 Å². The van der Waals surface area contributed by atoms with E-state index >= 15 is 0 Å². The number of hydrogen-bond acceptors (Lipinski definition) is 5. The second-order valence-electron chi connectivity index (χ2n) is 6.86. The minimum atomic E-state index is -0.217. The van der Waals surface area contributed by atoms with Gasteiger partial charge >= 0.3 is 0 Å². The van der Waals surface area contributed by atoms with Gasteiger partial charge in [-0.2, -0.15) is 4.98 Å². The molecule has 0 unspecified atom stereocenters. The number of nitrogens with zero attached hydrogens (tertiary/aromatic N) is 2. The molecule has 1 amide bonds. The van der Waals surface area contributed by atoms with Gasteiger partial charge in [0, 0.05) is 18.3 Å². The highest BCUT2D eigenvalue weighted by molar-refractivity contribution is 6.28. The van der Waals surface area contributed by atoms with Gasteiger partial charge in [0.25, 0.3) is 5.91 Å². The van der Waals surface area contributed by atoms with Gasteiger partial charge in [-0.15, -0.1) is 0 Å². The van der Waals surface area contributed by atoms with Gasteiger partial charge in [-0.05, 0) is 50.1 Å². The molecule has 3 N–H and O–H groups in total. The van der Waals surface area contributed by atoms with Crippen LogP contribution in [-0.4, -0.2) is 39.2 Å². The number of carbonyl (C=O) groups is 1. The zero-order valence-electron chi connectivity index (χ0n) is 13.8. The third-order valence-electron chi connectivity index (χ3n) is 4.98. The van der Waals surface area contributed by atoms with Crippen LogP contribution < -0.4 is 10.6 Å². The first-order valence-electron chi connectivity index (χ1n) is 8.90. The molecule has 0 spiro atoms. The number of rotatable bonds is 4. The van der Waals surface area contributed by atoms with Crippen molar-refractivity contribution in [3.05, 3.63) is 17.0 Å². The fraction of sp³-hybridized carbons (Fsp3) is 0.706. The molecule has 1 heterocycles. The normalized spacial score (nSPS) is 25.2. The predicted octanol–water partition coefficient (Wildman–Crippen LogP) is 2.91. The van der Waals surface area contributed by atoms with Crippen LogP contribution in [0.25, 0.3) is 0 Å². The van der Waals surface area contributed by atoms with E-state index in [0.29, 0.717) is 11.4 Å². The van der Waals surface area contributed by atoms with Gasteiger partial charge in [-0.3, -0.25) is 4.79 Å². The van der Waals surface area contributed by atoms with E-state index in [4.69, 9.17) is 11.6 Å². The summed E-state index contributed by atoms with van der Waals surface area (Å²) in [6.45, 7) is 0. The predicted molar refractivity (Wildman–Crippen MR) is 93.3 cm³/mol. The number of hydrogen-bond donors (Lipinski definition) is 3. The van der Waals surface area contributed by atoms with Gasteiger partial charge in [0.1, 0.15) is 11.4 Å². The number of carbonyl (C=O) groups excluding carboxylic acids is 1. The molecular formula is C17H25ClN4O2. The van der Waals surface area contributed by atoms with Gasteiger partial charge in [-0.25, -0.2) is 4.98 Å². The molecule has 2 aliphatic carbocycles. The summed E-state index contributed by atoms with van der Waals surface area (Å²) in [6, 6.07) is 0.431. The fourth-order valence-corrected chi connectivity index (χ4v) is 3.69. The Morgan fingerprint density at radius 2 is 1.79 bits per heavy atom. The van der Waals surface area contributed by atoms with Gasteiger partial charge < -0.3 is 15.7 Å². The van der Waals surface area contributed by atoms with E-state index < -0.39 is 0 Å². The van der Waals surface area contributed by atoms with E-state index in [1.165, 1.54) is 12.6 Å². The van der Waals surface area contributed by atoms with Crippen LogP contribution in [0, 0.1) is 0 Å². The molecular weight excluding hydrogens is 328 g/mol. The maximum absolute atomic E-state index is 12.6. The highest BCUT2D eigenvalue weighted by Gasteiger charge is 2.24. The first-order valence-corrected chi connectivity index (χ1v) is 9.27. The second-order valence-corrected chi connectivity index (χ2v) is 7.20. The Kier molecular flexibility index (Phi) is 5.89. The van der Waals surface area contributed by atoms with Crippen LogP contribution >= 0.6 is 11.6 Å². The minimum Gasteiger partial charge on any atom is -0.393 e. The summed E-state index contributed by atoms with van der Waals surface area (Å²) in [6.07, 6.45) is 10.1. The molecule has 0 aromatic carbocycles. The van der Waals surface area contributed by atoms with Crippen LogP contribution in [0.3, 0.4) is 0 Å². The molecule has 24 heavy (non-hydrogen) atoms. The Bertz CT molecular complexity index is 570. The lowest BCUT2D eigenvalue weighted by Crippen LogP contribution is -2.37. The first-order chi connectivity index (χ1) is 11.6. The molecule has 2 saturated carbocycles. The lowest BCUT2D eigenvalue weighted by molar-refractivity contribution is 0.0927. The lowest BCUT2D eigenvalue weighted by atomic mass is 9.93. The number of aliphatic hydroxyl groups is 1. The standard InChI is InChI=1S/C17H25ClN4O2/c18-17-19-10-14(16(24)21-11-4-2-1-3-5-11)15(22-17)20-12-6-8-13(23)9-7-12/h10-13,23H,1-9H2,(H,21,24)(H,19,20,22). The topological polar surface area (TPSA) is 87.1 Å². The van der Waals surface area contributed by atoms with Crippen LogP contribution in [0.5, 0.6) is 0 Å². The highest BCUT2D eigenvalue weighted by atomic mass is 35.5. The number of amides is 1. The molecule has 2 aliphatic rings. The fourth-order valence-electron chi connectivity index (χ4n) is 3.56. The average molecular weight is 353 g/mol. The molecule has 3 rings (SSSR count). The van der Waals surface area contributed by atoms with Crippen LogP contribution in [0.2, 0.25) is 5.28 Å². The number of halogens is 1. The molecule has 0 bridgehead atoms. The summed E-state index contributed by atoms with van der Waals surface area (Å²) >= 11 is 5.92. The van der Waals surface area contributed by atoms with E-state index in [2.05, 4.69) is 20.6 Å². The van der Waals surface area contributed by atoms with E-state index in [1.807, 2.05) is 0 Å². The van der Waals surface area contributed by atoms with Crippen molar-refractivity contribution in [3.8, 4) is 0 Å². The van der Waals surface area contributed by atoms with Crippen molar-refractivity contribution in [2.75, 3.05) is 5.32 Å². The quantitative estimate of drug-likeness (QED) is 0.725. The Hall–Kier alpha value is -1.40. The largest absolute Gasteiger partial charge is 0.393 e. The molecule has 0 atom stereocenters. The van der Waals surface area contributed by atoms with Crippen molar-refractivity contribution in [2.45, 2.75) is 76.0 Å². The van der Waals surface area contributed by atoms with E-state index in [1.54, 1.807) is 0 Å². The Balaban J connectivity index is 1.68. The van der Waals surface area contributed by atoms with E-state index in [-0.39, 0.29) is 29.4 Å². The first kappa shape index (κ1) is 17.4. The third-order valence-corrected chi connectivity index (χ3v) is 5.16. The number of anilines is 1. The maximum atomic E-state index is 12.6. The summed E-state index contributed by atoms with van der Waals surface area (Å²) in [4.78, 5) is 20.8. The summed E-state index contributed by atoms with van der Waals surface area (Å²) in [5.74, 6) is 0.349. The van der Waals surface area contributed by atoms with Crippen molar-refractivity contribution >= 4 is 23.3 Å². The van der Waals surface area contributed by atoms with Crippen molar-refractivity contribution in [1.82, 2.24) is 15.3 Å². The molecule has 0 aliphatic heterocycles. The number of aromatic nitrogens is 2. The van der Waals surface area contributed by atoms with Gasteiger partial charge in [-0.1, -0.05) is 19.3 Å². The SMILES string of the molecule is O=C(NC1CCCCC1)c1cnc(Cl)nc1NC1CCC(O)CC1. The summed E-state index contributed by atoms with van der Waals surface area (Å²) in [5.41, 5.74) is 0.441. The molecule has 6 nitrogen and oxygen atoms in total. The lowest BCUT2D eigenvalue weighted by Gasteiger charge is -2.27. The van der Waals surface area contributed by atoms with Gasteiger partial charge in [0.2, 0.25) is 5.28 Å². The molecule has 1 aromatic heterocycles. The average Bonchev–Trinajstić information content (AvgIpc) is 2.58. The maximum Gasteiger partial charge on any atom is 0.256 e. The van der Waals surface area contributed by atoms with Crippen molar-refractivity contribution < 1.29 is 9.90 Å². The van der Waals surface area contributed by atoms with Gasteiger partial charge in [0.05, 0.1) is 6.10 Å². The molecule has 0 radical (unpaired) electrons. The van der Waals surface area contributed by atoms with Crippen molar-refractivity contribution in [1.29, 1.82) is 0 Å². The van der Waals surface area contributed by atoms with Crippen molar-refractivity contribution in [3.63, 3.8) is 0 Å². The number of nitrogens with one attached hydrogen (secondary N) is 2. The molecule has 1 aromatic rings. The van der Waals surface area contributed by atoms with Crippen molar-refractivity contribution in [2.24, 2.45) is 0 Å². The highest BCUT2D eigenvalue weighted by Crippen LogP contribution is 2.24. The molecule has 2 fully saturated rings. The smallest absolute Gasteiger partial charge is 0.256 e. The molecule has 132 valence electrons. The zero-order chi connectivity index (χ0) is 16.9. The van der Waals surface area contributed by atoms with Crippen LogP contribution in [0.1, 0.15) is 68.1 Å². The van der Waals surface area contributed by atoms with Gasteiger partial charge in [0.15, 0.2) is 0 Å². The summed E-state index contributed by atoms with van der Waals surface area (Å²) in [5, 5.41) is 16.2. The van der Waals surface area contributed by atoms with Crippen LogP contribution in [0.15, 0.2) is 6.20 Å². The Morgan fingerprint density at radius 3 is 2.50 bits per heavy atom. The van der Waals surface area contributed by atoms with E-state index in [0.717, 1.165) is 51.4 Å². The minimum absolute atomic E-state index is 0.127. The van der Waals surface area contributed by atoms with E-state index in [9.17, 15) is 9.90 Å². The zero-order valence-corrected chi connectivity index (χ0v) is 14.6. The second kappa shape index (κ2) is 8.12. The Labute approximate surface area is 147 Å². The number of aliphatic hydroxyl groups excluding tert-OH is 1. The van der Waals surface area contributed by atoms with Crippen LogP contribution in [-0.2, 0) is 0 Å².